The molecular weight excluding hydrogens is 548 g/mol. The largest absolute Gasteiger partial charge is 0.472 e. The monoisotopic (exact) mass is 586 g/mol. The van der Waals surface area contributed by atoms with Crippen LogP contribution in [0.2, 0.25) is 0 Å². The van der Waals surface area contributed by atoms with Gasteiger partial charge in [0.1, 0.15) is 17.5 Å². The summed E-state index contributed by atoms with van der Waals surface area (Å²) in [7, 11) is 3.66. The zero-order valence-corrected chi connectivity index (χ0v) is 24.9. The highest BCUT2D eigenvalue weighted by Crippen LogP contribution is 2.73. The normalized spacial score (nSPS) is 36.8. The number of cyclic esters (lactones) is 1. The van der Waals surface area contributed by atoms with Gasteiger partial charge in [0.25, 0.3) is 0 Å². The molecule has 0 N–H and O–H groups in total. The second kappa shape index (κ2) is 10.1. The van der Waals surface area contributed by atoms with Crippen LogP contribution in [0.1, 0.15) is 64.5 Å². The lowest BCUT2D eigenvalue weighted by Gasteiger charge is -2.70. The molecule has 1 spiro atoms. The summed E-state index contributed by atoms with van der Waals surface area (Å²) >= 11 is 0. The molecule has 228 valence electrons. The van der Waals surface area contributed by atoms with Gasteiger partial charge in [-0.15, -0.1) is 0 Å². The number of carbonyl (C=O) groups excluding carboxylic acids is 5. The number of hydrogen-bond donors (Lipinski definition) is 0. The van der Waals surface area contributed by atoms with Gasteiger partial charge in [0.2, 0.25) is 0 Å². The number of carbonyl (C=O) groups is 5. The fraction of sp³-hybridized carbons (Fsp3) is 0.645. The minimum atomic E-state index is -1.41. The number of fused-ring (bicyclic) bond motifs is 3. The number of ether oxygens (including phenoxy) is 5. The lowest BCUT2D eigenvalue weighted by Crippen LogP contribution is -2.74. The summed E-state index contributed by atoms with van der Waals surface area (Å²) in [6, 6.07) is 1.68. The third-order valence-corrected chi connectivity index (χ3v) is 10.9. The van der Waals surface area contributed by atoms with E-state index in [0.29, 0.717) is 24.0 Å². The van der Waals surface area contributed by atoms with Crippen LogP contribution < -0.4 is 0 Å². The van der Waals surface area contributed by atoms with E-state index in [4.69, 9.17) is 28.1 Å². The van der Waals surface area contributed by atoms with Crippen molar-refractivity contribution in [2.75, 3.05) is 21.3 Å². The van der Waals surface area contributed by atoms with Crippen molar-refractivity contribution in [2.24, 2.45) is 34.0 Å². The van der Waals surface area contributed by atoms with E-state index < -0.39 is 75.7 Å². The molecule has 0 radical (unpaired) electrons. The number of methoxy groups -OCH3 is 3. The SMILES string of the molecule is C=C1C2CCC3(CC(=O)OC)C(c4ccoc4)OC(=O)CC13OC1CC(=O)C(C)(C)C(C(C(=O)OC)C(=O)OC)C12C. The van der Waals surface area contributed by atoms with Crippen LogP contribution in [0.25, 0.3) is 0 Å². The van der Waals surface area contributed by atoms with E-state index in [9.17, 15) is 24.0 Å². The van der Waals surface area contributed by atoms with Crippen LogP contribution in [-0.2, 0) is 47.7 Å². The van der Waals surface area contributed by atoms with E-state index >= 15 is 0 Å². The summed E-state index contributed by atoms with van der Waals surface area (Å²) in [6.45, 7) is 9.87. The van der Waals surface area contributed by atoms with Crippen LogP contribution in [0.15, 0.2) is 35.2 Å². The van der Waals surface area contributed by atoms with Crippen molar-refractivity contribution in [3.05, 3.63) is 36.3 Å². The fourth-order valence-electron chi connectivity index (χ4n) is 8.94. The minimum Gasteiger partial charge on any atom is -0.472 e. The molecule has 5 rings (SSSR count). The number of rotatable bonds is 6. The molecular formula is C31H38O11. The minimum absolute atomic E-state index is 0.0275. The van der Waals surface area contributed by atoms with E-state index in [-0.39, 0.29) is 25.0 Å². The van der Waals surface area contributed by atoms with Crippen molar-refractivity contribution in [1.82, 2.24) is 0 Å². The molecule has 1 aromatic heterocycles. The van der Waals surface area contributed by atoms with Gasteiger partial charge in [-0.25, -0.2) is 0 Å². The summed E-state index contributed by atoms with van der Waals surface area (Å²) in [6.07, 6.45) is 1.61. The molecule has 2 aliphatic carbocycles. The Morgan fingerprint density at radius 1 is 1.07 bits per heavy atom. The summed E-state index contributed by atoms with van der Waals surface area (Å²) < 4.78 is 33.5. The summed E-state index contributed by atoms with van der Waals surface area (Å²) in [4.78, 5) is 66.6. The molecule has 11 heteroatoms. The summed E-state index contributed by atoms with van der Waals surface area (Å²) in [5.41, 5.74) is -3.52. The molecule has 7 atom stereocenters. The number of furan rings is 1. The second-order valence-corrected chi connectivity index (χ2v) is 12.8. The van der Waals surface area contributed by atoms with Crippen LogP contribution in [-0.4, -0.2) is 62.7 Å². The van der Waals surface area contributed by atoms with Crippen LogP contribution in [0.4, 0.5) is 0 Å². The van der Waals surface area contributed by atoms with E-state index in [0.717, 1.165) is 0 Å². The Balaban J connectivity index is 1.72. The van der Waals surface area contributed by atoms with Gasteiger partial charge in [0.15, 0.2) is 5.92 Å². The molecule has 0 amide bonds. The maximum absolute atomic E-state index is 13.8. The first-order valence-corrected chi connectivity index (χ1v) is 14.1. The topological polar surface area (TPSA) is 145 Å². The summed E-state index contributed by atoms with van der Waals surface area (Å²) in [5, 5.41) is 0. The number of hydrogen-bond acceptors (Lipinski definition) is 11. The van der Waals surface area contributed by atoms with Crippen LogP contribution in [0.5, 0.6) is 0 Å². The van der Waals surface area contributed by atoms with Crippen molar-refractivity contribution < 1.29 is 52.1 Å². The molecule has 42 heavy (non-hydrogen) atoms. The van der Waals surface area contributed by atoms with E-state index in [1.165, 1.54) is 33.9 Å². The fourth-order valence-corrected chi connectivity index (χ4v) is 8.94. The smallest absolute Gasteiger partial charge is 0.320 e. The van der Waals surface area contributed by atoms with Gasteiger partial charge in [-0.2, -0.15) is 0 Å². The molecule has 3 heterocycles. The molecule has 1 aromatic rings. The van der Waals surface area contributed by atoms with Crippen LogP contribution in [0, 0.1) is 34.0 Å². The van der Waals surface area contributed by atoms with Gasteiger partial charge >= 0.3 is 23.9 Å². The Hall–Kier alpha value is -3.47. The predicted octanol–water partition coefficient (Wildman–Crippen LogP) is 3.50. The Morgan fingerprint density at radius 3 is 2.31 bits per heavy atom. The first-order chi connectivity index (χ1) is 19.7. The molecule has 2 aliphatic heterocycles. The van der Waals surface area contributed by atoms with Crippen molar-refractivity contribution in [3.63, 3.8) is 0 Å². The Bertz CT molecular complexity index is 1310. The molecule has 2 saturated heterocycles. The predicted molar refractivity (Wildman–Crippen MR) is 143 cm³/mol. The Kier molecular flexibility index (Phi) is 7.19. The highest BCUT2D eigenvalue weighted by Gasteiger charge is 2.76. The van der Waals surface area contributed by atoms with Gasteiger partial charge < -0.3 is 28.1 Å². The van der Waals surface area contributed by atoms with Gasteiger partial charge in [0, 0.05) is 28.7 Å². The van der Waals surface area contributed by atoms with Crippen molar-refractivity contribution in [2.45, 2.75) is 70.7 Å². The Labute approximate surface area is 244 Å². The highest BCUT2D eigenvalue weighted by molar-refractivity contribution is 5.97. The molecule has 2 saturated carbocycles. The molecule has 2 bridgehead atoms. The first kappa shape index (κ1) is 30.0. The van der Waals surface area contributed by atoms with Crippen molar-refractivity contribution in [3.8, 4) is 0 Å². The van der Waals surface area contributed by atoms with Crippen molar-refractivity contribution in [1.29, 1.82) is 0 Å². The van der Waals surface area contributed by atoms with Gasteiger partial charge in [-0.1, -0.05) is 27.4 Å². The average Bonchev–Trinajstić information content (AvgIpc) is 3.48. The zero-order chi connectivity index (χ0) is 30.8. The molecule has 0 aromatic carbocycles. The lowest BCUT2D eigenvalue weighted by molar-refractivity contribution is -0.306. The Morgan fingerprint density at radius 2 is 1.74 bits per heavy atom. The maximum atomic E-state index is 13.8. The standard InChI is InChI=1S/C31H38O11/c1-16-18-8-10-30(13-21(33)37-5)25(17-9-11-40-15-17)41-22(34)14-31(16,30)42-20-12-19(32)28(2,3)24(29(18,20)4)23(26(35)38-6)27(36)39-7/h9,11,15,18,20,23-25H,1,8,10,12-14H2,2-7H3. The maximum Gasteiger partial charge on any atom is 0.320 e. The van der Waals surface area contributed by atoms with E-state index in [2.05, 4.69) is 6.58 Å². The summed E-state index contributed by atoms with van der Waals surface area (Å²) in [5.74, 6) is -5.58. The average molecular weight is 587 g/mol. The third kappa shape index (κ3) is 3.84. The van der Waals surface area contributed by atoms with E-state index in [1.54, 1.807) is 19.9 Å². The highest BCUT2D eigenvalue weighted by atomic mass is 16.6. The van der Waals surface area contributed by atoms with E-state index in [1.807, 2.05) is 6.92 Å². The number of esters is 4. The van der Waals surface area contributed by atoms with Crippen LogP contribution in [0.3, 0.4) is 0 Å². The third-order valence-electron chi connectivity index (χ3n) is 10.9. The van der Waals surface area contributed by atoms with Crippen LogP contribution >= 0.6 is 0 Å². The van der Waals surface area contributed by atoms with Gasteiger partial charge in [0.05, 0.1) is 58.2 Å². The molecule has 11 nitrogen and oxygen atoms in total. The quantitative estimate of drug-likeness (QED) is 0.209. The lowest BCUT2D eigenvalue weighted by atomic mass is 9.40. The molecule has 4 fully saturated rings. The van der Waals surface area contributed by atoms with Gasteiger partial charge in [-0.3, -0.25) is 24.0 Å². The molecule has 4 aliphatic rings. The van der Waals surface area contributed by atoms with Gasteiger partial charge in [-0.05, 0) is 30.4 Å². The first-order valence-electron chi connectivity index (χ1n) is 14.1. The zero-order valence-electron chi connectivity index (χ0n) is 24.9. The van der Waals surface area contributed by atoms with Crippen molar-refractivity contribution >= 4 is 29.7 Å². The number of Topliss-reactive ketones (excluding diaryl/α,β-unsaturated/α-hetero) is 1. The second-order valence-electron chi connectivity index (χ2n) is 12.8. The number of ketones is 1. The molecule has 7 unspecified atom stereocenters.